The molecule has 2 saturated heterocycles. The lowest BCUT2D eigenvalue weighted by Crippen LogP contribution is -2.53. The lowest BCUT2D eigenvalue weighted by Gasteiger charge is -2.34. The Labute approximate surface area is 158 Å². The van der Waals surface area contributed by atoms with Crippen LogP contribution in [0.2, 0.25) is 0 Å². The van der Waals surface area contributed by atoms with Crippen LogP contribution in [-0.2, 0) is 24.4 Å². The molecule has 0 unspecified atom stereocenters. The van der Waals surface area contributed by atoms with Crippen molar-refractivity contribution in [3.8, 4) is 0 Å². The molecule has 2 heterocycles. The van der Waals surface area contributed by atoms with Crippen molar-refractivity contribution in [2.45, 2.75) is 31.6 Å². The highest BCUT2D eigenvalue weighted by Crippen LogP contribution is 2.21. The summed E-state index contributed by atoms with van der Waals surface area (Å²) >= 11 is 0. The van der Waals surface area contributed by atoms with E-state index in [9.17, 15) is 22.8 Å². The summed E-state index contributed by atoms with van der Waals surface area (Å²) in [5.74, 6) is -0.990. The van der Waals surface area contributed by atoms with E-state index in [0.717, 1.165) is 16.0 Å². The van der Waals surface area contributed by atoms with Crippen LogP contribution >= 0.6 is 0 Å². The molecular weight excluding hydrogens is 370 g/mol. The zero-order valence-electron chi connectivity index (χ0n) is 15.5. The van der Waals surface area contributed by atoms with Gasteiger partial charge in [0.2, 0.25) is 27.7 Å². The Hall–Kier alpha value is -2.26. The number of piperazine rings is 1. The third-order valence-electron chi connectivity index (χ3n) is 5.16. The Morgan fingerprint density at radius 1 is 0.963 bits per heavy atom. The lowest BCUT2D eigenvalue weighted by molar-refractivity contribution is -0.145. The quantitative estimate of drug-likeness (QED) is 0.685. The van der Waals surface area contributed by atoms with E-state index in [0.29, 0.717) is 0 Å². The van der Waals surface area contributed by atoms with E-state index < -0.39 is 10.0 Å². The Balaban J connectivity index is 1.62. The molecular formula is C18H23N3O5S. The van der Waals surface area contributed by atoms with Crippen LogP contribution in [0, 0.1) is 13.8 Å². The Morgan fingerprint density at radius 3 is 2.11 bits per heavy atom. The third kappa shape index (κ3) is 3.89. The molecule has 0 aliphatic carbocycles. The van der Waals surface area contributed by atoms with Gasteiger partial charge in [-0.15, -0.1) is 0 Å². The summed E-state index contributed by atoms with van der Waals surface area (Å²) < 4.78 is 27.0. The molecule has 146 valence electrons. The molecule has 0 spiro atoms. The minimum atomic E-state index is -3.61. The molecule has 9 heteroatoms. The maximum Gasteiger partial charge on any atom is 0.243 e. The van der Waals surface area contributed by atoms with Crippen molar-refractivity contribution in [3.63, 3.8) is 0 Å². The van der Waals surface area contributed by atoms with Gasteiger partial charge >= 0.3 is 0 Å². The van der Waals surface area contributed by atoms with E-state index in [1.165, 1.54) is 9.21 Å². The van der Waals surface area contributed by atoms with E-state index in [2.05, 4.69) is 0 Å². The number of rotatable bonds is 4. The summed E-state index contributed by atoms with van der Waals surface area (Å²) in [5, 5.41) is 0. The van der Waals surface area contributed by atoms with Crippen molar-refractivity contribution in [1.82, 2.24) is 14.1 Å². The van der Waals surface area contributed by atoms with E-state index in [4.69, 9.17) is 0 Å². The number of carbonyl (C=O) groups is 3. The monoisotopic (exact) mass is 393 g/mol. The zero-order chi connectivity index (χ0) is 19.8. The van der Waals surface area contributed by atoms with Crippen molar-refractivity contribution in [2.75, 3.05) is 32.7 Å². The van der Waals surface area contributed by atoms with Gasteiger partial charge in [-0.3, -0.25) is 19.3 Å². The van der Waals surface area contributed by atoms with Crippen LogP contribution in [0.25, 0.3) is 0 Å². The first-order valence-corrected chi connectivity index (χ1v) is 10.3. The molecule has 3 amide bonds. The average molecular weight is 393 g/mol. The number of carbonyl (C=O) groups excluding carboxylic acids is 3. The van der Waals surface area contributed by atoms with Gasteiger partial charge in [0.15, 0.2) is 0 Å². The normalized spacial score (nSPS) is 19.0. The summed E-state index contributed by atoms with van der Waals surface area (Å²) in [7, 11) is -3.61. The molecule has 0 atom stereocenters. The Morgan fingerprint density at radius 2 is 1.56 bits per heavy atom. The van der Waals surface area contributed by atoms with Crippen LogP contribution in [0.15, 0.2) is 23.1 Å². The summed E-state index contributed by atoms with van der Waals surface area (Å²) in [6.07, 6.45) is 0.294. The molecule has 0 aromatic heterocycles. The SMILES string of the molecule is Cc1ccc(S(=O)(=O)N2CCN(C(=O)CN3C(=O)CCC3=O)CC2)cc1C. The highest BCUT2D eigenvalue weighted by Gasteiger charge is 2.34. The molecule has 1 aromatic carbocycles. The smallest absolute Gasteiger partial charge is 0.243 e. The highest BCUT2D eigenvalue weighted by atomic mass is 32.2. The molecule has 0 saturated carbocycles. The van der Waals surface area contributed by atoms with Gasteiger partial charge in [0.05, 0.1) is 4.90 Å². The minimum Gasteiger partial charge on any atom is -0.338 e. The zero-order valence-corrected chi connectivity index (χ0v) is 16.3. The number of sulfonamides is 1. The molecule has 2 fully saturated rings. The number of amides is 3. The highest BCUT2D eigenvalue weighted by molar-refractivity contribution is 7.89. The maximum atomic E-state index is 12.8. The fourth-order valence-corrected chi connectivity index (χ4v) is 4.74. The molecule has 2 aliphatic rings. The van der Waals surface area contributed by atoms with Crippen LogP contribution in [0.4, 0.5) is 0 Å². The topological polar surface area (TPSA) is 95.1 Å². The number of likely N-dealkylation sites (tertiary alicyclic amines) is 1. The minimum absolute atomic E-state index is 0.147. The molecule has 0 radical (unpaired) electrons. The van der Waals surface area contributed by atoms with Gasteiger partial charge in [0, 0.05) is 39.0 Å². The first-order valence-electron chi connectivity index (χ1n) is 8.88. The van der Waals surface area contributed by atoms with E-state index in [1.807, 2.05) is 13.8 Å². The van der Waals surface area contributed by atoms with Gasteiger partial charge in [-0.2, -0.15) is 4.31 Å². The van der Waals surface area contributed by atoms with E-state index in [-0.39, 0.29) is 68.2 Å². The van der Waals surface area contributed by atoms with Crippen molar-refractivity contribution in [3.05, 3.63) is 29.3 Å². The predicted molar refractivity (Wildman–Crippen MR) is 97.2 cm³/mol. The van der Waals surface area contributed by atoms with Crippen LogP contribution in [-0.4, -0.2) is 73.0 Å². The molecule has 0 bridgehead atoms. The van der Waals surface area contributed by atoms with Gasteiger partial charge in [0.25, 0.3) is 0 Å². The molecule has 8 nitrogen and oxygen atoms in total. The number of hydrogen-bond donors (Lipinski definition) is 0. The number of hydrogen-bond acceptors (Lipinski definition) is 5. The van der Waals surface area contributed by atoms with Crippen molar-refractivity contribution >= 4 is 27.7 Å². The largest absolute Gasteiger partial charge is 0.338 e. The molecule has 27 heavy (non-hydrogen) atoms. The second-order valence-electron chi connectivity index (χ2n) is 6.90. The van der Waals surface area contributed by atoms with Gasteiger partial charge in [0.1, 0.15) is 6.54 Å². The van der Waals surface area contributed by atoms with Crippen LogP contribution < -0.4 is 0 Å². The van der Waals surface area contributed by atoms with Crippen molar-refractivity contribution in [2.24, 2.45) is 0 Å². The Bertz CT molecular complexity index is 872. The number of benzene rings is 1. The van der Waals surface area contributed by atoms with Crippen molar-refractivity contribution < 1.29 is 22.8 Å². The standard InChI is InChI=1S/C18H23N3O5S/c1-13-3-4-15(11-14(13)2)27(25,26)20-9-7-19(8-10-20)18(24)12-21-16(22)5-6-17(21)23/h3-4,11H,5-10,12H2,1-2H3. The summed E-state index contributed by atoms with van der Waals surface area (Å²) in [6.45, 7) is 4.36. The average Bonchev–Trinajstić information content (AvgIpc) is 2.96. The third-order valence-corrected chi connectivity index (χ3v) is 7.05. The summed E-state index contributed by atoms with van der Waals surface area (Å²) in [4.78, 5) is 38.4. The lowest BCUT2D eigenvalue weighted by atomic mass is 10.1. The van der Waals surface area contributed by atoms with Crippen molar-refractivity contribution in [1.29, 1.82) is 0 Å². The number of aryl methyl sites for hydroxylation is 2. The second kappa shape index (κ2) is 7.40. The maximum absolute atomic E-state index is 12.8. The summed E-state index contributed by atoms with van der Waals surface area (Å²) in [5.41, 5.74) is 1.93. The van der Waals surface area contributed by atoms with Gasteiger partial charge < -0.3 is 4.90 Å². The van der Waals surface area contributed by atoms with Gasteiger partial charge in [-0.25, -0.2) is 8.42 Å². The van der Waals surface area contributed by atoms with Crippen LogP contribution in [0.3, 0.4) is 0 Å². The number of imide groups is 1. The summed E-state index contributed by atoms with van der Waals surface area (Å²) in [6, 6.07) is 5.04. The Kier molecular flexibility index (Phi) is 5.34. The van der Waals surface area contributed by atoms with Crippen LogP contribution in [0.1, 0.15) is 24.0 Å². The van der Waals surface area contributed by atoms with Gasteiger partial charge in [-0.1, -0.05) is 6.07 Å². The first kappa shape index (κ1) is 19.5. The van der Waals surface area contributed by atoms with Gasteiger partial charge in [-0.05, 0) is 37.1 Å². The molecule has 0 N–H and O–H groups in total. The predicted octanol–water partition coefficient (Wildman–Crippen LogP) is 0.285. The first-order chi connectivity index (χ1) is 12.7. The van der Waals surface area contributed by atoms with E-state index >= 15 is 0 Å². The van der Waals surface area contributed by atoms with E-state index in [1.54, 1.807) is 18.2 Å². The second-order valence-corrected chi connectivity index (χ2v) is 8.84. The van der Waals surface area contributed by atoms with Crippen LogP contribution in [0.5, 0.6) is 0 Å². The fraction of sp³-hybridized carbons (Fsp3) is 0.500. The molecule has 3 rings (SSSR count). The molecule has 2 aliphatic heterocycles. The fourth-order valence-electron chi connectivity index (χ4n) is 3.24. The number of nitrogens with zero attached hydrogens (tertiary/aromatic N) is 3. The molecule has 1 aromatic rings.